The highest BCUT2D eigenvalue weighted by atomic mass is 127. The van der Waals surface area contributed by atoms with Gasteiger partial charge in [0.1, 0.15) is 0 Å². The van der Waals surface area contributed by atoms with Gasteiger partial charge in [0.05, 0.1) is 0 Å². The summed E-state index contributed by atoms with van der Waals surface area (Å²) in [6, 6.07) is 15.9. The van der Waals surface area contributed by atoms with Gasteiger partial charge in [0.15, 0.2) is 0 Å². The molecule has 104 valence electrons. The molecule has 0 heterocycles. The van der Waals surface area contributed by atoms with Crippen LogP contribution in [0.1, 0.15) is 40.6 Å². The minimum atomic E-state index is 0.445. The molecule has 0 amide bonds. The summed E-state index contributed by atoms with van der Waals surface area (Å²) >= 11 is 2.48. The third kappa shape index (κ3) is 2.51. The van der Waals surface area contributed by atoms with E-state index >= 15 is 0 Å². The molecule has 0 saturated carbocycles. The Labute approximate surface area is 134 Å². The molecule has 2 aromatic carbocycles. The van der Waals surface area contributed by atoms with Crippen LogP contribution >= 0.6 is 22.6 Å². The van der Waals surface area contributed by atoms with E-state index in [1.54, 1.807) is 5.56 Å². The Morgan fingerprint density at radius 3 is 2.75 bits per heavy atom. The van der Waals surface area contributed by atoms with Crippen LogP contribution in [-0.4, -0.2) is 7.05 Å². The summed E-state index contributed by atoms with van der Waals surface area (Å²) in [7, 11) is 2.08. The van der Waals surface area contributed by atoms with Gasteiger partial charge >= 0.3 is 0 Å². The van der Waals surface area contributed by atoms with Crippen molar-refractivity contribution < 1.29 is 0 Å². The van der Waals surface area contributed by atoms with Gasteiger partial charge in [-0.05, 0) is 77.6 Å². The number of benzene rings is 2. The van der Waals surface area contributed by atoms with E-state index in [2.05, 4.69) is 84.3 Å². The highest BCUT2D eigenvalue weighted by Crippen LogP contribution is 2.41. The lowest BCUT2D eigenvalue weighted by atomic mass is 9.74. The average molecular weight is 377 g/mol. The Balaban J connectivity index is 1.81. The SMILES string of the molecule is CNC(CC1Cc2ccccc21)c1cccc(C)c1I. The van der Waals surface area contributed by atoms with Crippen LogP contribution in [0.25, 0.3) is 0 Å². The molecule has 0 radical (unpaired) electrons. The number of rotatable bonds is 4. The summed E-state index contributed by atoms with van der Waals surface area (Å²) in [5, 5.41) is 3.51. The molecule has 1 nitrogen and oxygen atoms in total. The Hall–Kier alpha value is -0.870. The number of nitrogens with one attached hydrogen (secondary N) is 1. The van der Waals surface area contributed by atoms with Gasteiger partial charge in [-0.25, -0.2) is 0 Å². The maximum absolute atomic E-state index is 3.51. The zero-order valence-corrected chi connectivity index (χ0v) is 14.1. The average Bonchev–Trinajstić information content (AvgIpc) is 2.44. The van der Waals surface area contributed by atoms with Crippen LogP contribution < -0.4 is 5.32 Å². The van der Waals surface area contributed by atoms with Gasteiger partial charge in [0.2, 0.25) is 0 Å². The molecule has 2 heteroatoms. The van der Waals surface area contributed by atoms with Crippen LogP contribution in [0, 0.1) is 10.5 Å². The zero-order valence-electron chi connectivity index (χ0n) is 12.0. The molecule has 20 heavy (non-hydrogen) atoms. The fourth-order valence-corrected chi connectivity index (χ4v) is 3.93. The van der Waals surface area contributed by atoms with Crippen LogP contribution in [0.3, 0.4) is 0 Å². The molecule has 0 spiro atoms. The Bertz CT molecular complexity index is 621. The second kappa shape index (κ2) is 5.86. The van der Waals surface area contributed by atoms with Crippen molar-refractivity contribution in [2.24, 2.45) is 0 Å². The van der Waals surface area contributed by atoms with E-state index < -0.39 is 0 Å². The van der Waals surface area contributed by atoms with E-state index in [1.807, 2.05) is 0 Å². The summed E-state index contributed by atoms with van der Waals surface area (Å²) in [6.07, 6.45) is 2.42. The van der Waals surface area contributed by atoms with Crippen LogP contribution in [0.5, 0.6) is 0 Å². The molecule has 0 aliphatic heterocycles. The molecule has 0 saturated heterocycles. The van der Waals surface area contributed by atoms with Gasteiger partial charge < -0.3 is 5.32 Å². The Morgan fingerprint density at radius 1 is 1.20 bits per heavy atom. The molecular formula is C18H20IN. The van der Waals surface area contributed by atoms with Gasteiger partial charge in [0.25, 0.3) is 0 Å². The maximum Gasteiger partial charge on any atom is 0.0334 e. The van der Waals surface area contributed by atoms with Crippen LogP contribution in [0.2, 0.25) is 0 Å². The number of halogens is 1. The maximum atomic E-state index is 3.51. The summed E-state index contributed by atoms with van der Waals surface area (Å²) in [6.45, 7) is 2.19. The number of hydrogen-bond donors (Lipinski definition) is 1. The number of hydrogen-bond acceptors (Lipinski definition) is 1. The van der Waals surface area contributed by atoms with Crippen molar-refractivity contribution >= 4 is 22.6 Å². The van der Waals surface area contributed by atoms with Crippen molar-refractivity contribution in [3.05, 3.63) is 68.3 Å². The highest BCUT2D eigenvalue weighted by Gasteiger charge is 2.28. The van der Waals surface area contributed by atoms with Crippen LogP contribution in [0.4, 0.5) is 0 Å². The molecule has 0 bridgehead atoms. The van der Waals surface area contributed by atoms with Gasteiger partial charge in [-0.3, -0.25) is 0 Å². The van der Waals surface area contributed by atoms with Gasteiger partial charge in [-0.2, -0.15) is 0 Å². The summed E-state index contributed by atoms with van der Waals surface area (Å²) in [5.41, 5.74) is 5.90. The predicted molar refractivity (Wildman–Crippen MR) is 93.2 cm³/mol. The lowest BCUT2D eigenvalue weighted by Gasteiger charge is -2.33. The van der Waals surface area contributed by atoms with Gasteiger partial charge in [-0.1, -0.05) is 42.5 Å². The van der Waals surface area contributed by atoms with Crippen molar-refractivity contribution in [2.45, 2.75) is 31.7 Å². The fraction of sp³-hybridized carbons (Fsp3) is 0.333. The van der Waals surface area contributed by atoms with Gasteiger partial charge in [0, 0.05) is 9.61 Å². The number of aryl methyl sites for hydroxylation is 1. The van der Waals surface area contributed by atoms with Crippen LogP contribution in [0.15, 0.2) is 42.5 Å². The molecular weight excluding hydrogens is 357 g/mol. The molecule has 3 rings (SSSR count). The van der Waals surface area contributed by atoms with E-state index in [1.165, 1.54) is 33.1 Å². The highest BCUT2D eigenvalue weighted by molar-refractivity contribution is 14.1. The molecule has 2 atom stereocenters. The second-order valence-electron chi connectivity index (χ2n) is 5.65. The third-order valence-corrected chi connectivity index (χ3v) is 5.90. The first kappa shape index (κ1) is 14.1. The quantitative estimate of drug-likeness (QED) is 0.769. The van der Waals surface area contributed by atoms with Crippen molar-refractivity contribution in [3.63, 3.8) is 0 Å². The molecule has 2 unspecified atom stereocenters. The largest absolute Gasteiger partial charge is 0.313 e. The molecule has 0 aromatic heterocycles. The summed E-state index contributed by atoms with van der Waals surface area (Å²) < 4.78 is 1.40. The smallest absolute Gasteiger partial charge is 0.0334 e. The second-order valence-corrected chi connectivity index (χ2v) is 6.73. The van der Waals surface area contributed by atoms with Crippen molar-refractivity contribution in [1.82, 2.24) is 5.32 Å². The molecule has 1 aliphatic carbocycles. The predicted octanol–water partition coefficient (Wildman–Crippen LogP) is 4.59. The topological polar surface area (TPSA) is 12.0 Å². The normalized spacial score (nSPS) is 18.2. The van der Waals surface area contributed by atoms with Gasteiger partial charge in [-0.15, -0.1) is 0 Å². The van der Waals surface area contributed by atoms with E-state index in [4.69, 9.17) is 0 Å². The van der Waals surface area contributed by atoms with E-state index in [9.17, 15) is 0 Å². The van der Waals surface area contributed by atoms with Crippen molar-refractivity contribution in [2.75, 3.05) is 7.05 Å². The first-order chi connectivity index (χ1) is 9.70. The van der Waals surface area contributed by atoms with Crippen molar-refractivity contribution in [1.29, 1.82) is 0 Å². The lowest BCUT2D eigenvalue weighted by Crippen LogP contribution is -2.25. The molecule has 2 aromatic rings. The van der Waals surface area contributed by atoms with E-state index in [0.29, 0.717) is 12.0 Å². The monoisotopic (exact) mass is 377 g/mol. The third-order valence-electron chi connectivity index (χ3n) is 4.43. The Kier molecular flexibility index (Phi) is 4.13. The molecule has 1 aliphatic rings. The lowest BCUT2D eigenvalue weighted by molar-refractivity contribution is 0.451. The van der Waals surface area contributed by atoms with E-state index in [-0.39, 0.29) is 0 Å². The molecule has 0 fully saturated rings. The van der Waals surface area contributed by atoms with Crippen LogP contribution in [-0.2, 0) is 6.42 Å². The van der Waals surface area contributed by atoms with E-state index in [0.717, 1.165) is 0 Å². The summed E-state index contributed by atoms with van der Waals surface area (Å²) in [5.74, 6) is 0.708. The number of fused-ring (bicyclic) bond motifs is 1. The Morgan fingerprint density at radius 2 is 2.00 bits per heavy atom. The molecule has 1 N–H and O–H groups in total. The first-order valence-corrected chi connectivity index (χ1v) is 8.28. The minimum Gasteiger partial charge on any atom is -0.313 e. The minimum absolute atomic E-state index is 0.445. The first-order valence-electron chi connectivity index (χ1n) is 7.20. The fourth-order valence-electron chi connectivity index (χ4n) is 3.20. The summed E-state index contributed by atoms with van der Waals surface area (Å²) in [4.78, 5) is 0. The zero-order chi connectivity index (χ0) is 14.1. The standard InChI is InChI=1S/C18H20IN/c1-12-6-5-9-16(18(12)19)17(20-2)11-14-10-13-7-3-4-8-15(13)14/h3-9,14,17,20H,10-11H2,1-2H3. The van der Waals surface area contributed by atoms with Crippen molar-refractivity contribution in [3.8, 4) is 0 Å².